The number of hydrogen-bond acceptors (Lipinski definition) is 5. The topological polar surface area (TPSA) is 77.8 Å². The molecule has 32 heavy (non-hydrogen) atoms. The number of nitrogens with zero attached hydrogens (tertiary/aromatic N) is 2. The minimum Gasteiger partial charge on any atom is -0.459 e. The lowest BCUT2D eigenvalue weighted by atomic mass is 10.2. The maximum atomic E-state index is 12.4. The van der Waals surface area contributed by atoms with Crippen LogP contribution < -0.4 is 15.5 Å². The van der Waals surface area contributed by atoms with Crippen molar-refractivity contribution in [1.29, 1.82) is 0 Å². The van der Waals surface area contributed by atoms with Gasteiger partial charge >= 0.3 is 0 Å². The van der Waals surface area contributed by atoms with Gasteiger partial charge in [0.15, 0.2) is 10.9 Å². The van der Waals surface area contributed by atoms with Crippen LogP contribution in [0.25, 0.3) is 0 Å². The average molecular weight is 560 g/mol. The van der Waals surface area contributed by atoms with E-state index in [1.165, 1.54) is 6.26 Å². The minimum absolute atomic E-state index is 0.0741. The van der Waals surface area contributed by atoms with E-state index < -0.39 is 0 Å². The van der Waals surface area contributed by atoms with Gasteiger partial charge in [-0.1, -0.05) is 12.1 Å². The molecule has 2 amide bonds. The number of benzene rings is 2. The number of furan rings is 1. The number of piperazine rings is 1. The summed E-state index contributed by atoms with van der Waals surface area (Å²) in [5.74, 6) is 0.0555. The third kappa shape index (κ3) is 5.28. The zero-order valence-electron chi connectivity index (χ0n) is 17.1. The van der Waals surface area contributed by atoms with Crippen LogP contribution in [0.5, 0.6) is 0 Å². The predicted molar refractivity (Wildman–Crippen MR) is 136 cm³/mol. The van der Waals surface area contributed by atoms with Crippen molar-refractivity contribution in [1.82, 2.24) is 10.2 Å². The SMILES string of the molecule is O=C(NC(=S)Nc1ccc(N2CCN(C(=O)c3ccco3)CC2)cc1)c1ccccc1I. The van der Waals surface area contributed by atoms with E-state index in [0.717, 1.165) is 28.0 Å². The lowest BCUT2D eigenvalue weighted by Gasteiger charge is -2.35. The van der Waals surface area contributed by atoms with Crippen LogP contribution in [-0.4, -0.2) is 48.0 Å². The van der Waals surface area contributed by atoms with Crippen LogP contribution in [-0.2, 0) is 0 Å². The fraction of sp³-hybridized carbons (Fsp3) is 0.174. The third-order valence-electron chi connectivity index (χ3n) is 5.13. The summed E-state index contributed by atoms with van der Waals surface area (Å²) in [6, 6.07) is 18.6. The Labute approximate surface area is 204 Å². The molecule has 4 rings (SSSR count). The highest BCUT2D eigenvalue weighted by Gasteiger charge is 2.23. The highest BCUT2D eigenvalue weighted by atomic mass is 127. The summed E-state index contributed by atoms with van der Waals surface area (Å²) < 4.78 is 6.07. The van der Waals surface area contributed by atoms with Crippen molar-refractivity contribution in [2.75, 3.05) is 36.4 Å². The molecular formula is C23H21IN4O3S. The molecular weight excluding hydrogens is 539 g/mol. The van der Waals surface area contributed by atoms with Crippen molar-refractivity contribution in [2.24, 2.45) is 0 Å². The molecule has 0 spiro atoms. The average Bonchev–Trinajstić information content (AvgIpc) is 3.34. The molecule has 0 unspecified atom stereocenters. The van der Waals surface area contributed by atoms with Crippen LogP contribution in [0.1, 0.15) is 20.9 Å². The van der Waals surface area contributed by atoms with Gasteiger partial charge in [-0.2, -0.15) is 0 Å². The molecule has 0 bridgehead atoms. The molecule has 1 aliphatic rings. The predicted octanol–water partition coefficient (Wildman–Crippen LogP) is 3.97. The van der Waals surface area contributed by atoms with Gasteiger partial charge in [-0.3, -0.25) is 14.9 Å². The maximum absolute atomic E-state index is 12.4. The highest BCUT2D eigenvalue weighted by molar-refractivity contribution is 14.1. The first-order valence-corrected chi connectivity index (χ1v) is 11.5. The Balaban J connectivity index is 1.29. The second-order valence-corrected chi connectivity index (χ2v) is 8.76. The monoisotopic (exact) mass is 560 g/mol. The van der Waals surface area contributed by atoms with Gasteiger partial charge in [-0.15, -0.1) is 0 Å². The molecule has 9 heteroatoms. The van der Waals surface area contributed by atoms with Crippen LogP contribution >= 0.6 is 34.8 Å². The smallest absolute Gasteiger partial charge is 0.289 e. The first-order chi connectivity index (χ1) is 15.5. The molecule has 1 saturated heterocycles. The fourth-order valence-electron chi connectivity index (χ4n) is 3.46. The van der Waals surface area contributed by atoms with Crippen molar-refractivity contribution >= 4 is 63.1 Å². The van der Waals surface area contributed by atoms with Crippen molar-refractivity contribution in [3.63, 3.8) is 0 Å². The third-order valence-corrected chi connectivity index (χ3v) is 6.28. The molecule has 0 saturated carbocycles. The van der Waals surface area contributed by atoms with Gasteiger partial charge in [-0.05, 0) is 83.3 Å². The molecule has 2 aromatic carbocycles. The van der Waals surface area contributed by atoms with E-state index >= 15 is 0 Å². The standard InChI is InChI=1S/C23H21IN4O3S/c24-19-5-2-1-4-18(19)21(29)26-23(32)25-16-7-9-17(10-8-16)27-11-13-28(14-12-27)22(30)20-6-3-15-31-20/h1-10,15H,11-14H2,(H2,25,26,29,32). The second-order valence-electron chi connectivity index (χ2n) is 7.19. The van der Waals surface area contributed by atoms with E-state index in [-0.39, 0.29) is 16.9 Å². The number of amides is 2. The van der Waals surface area contributed by atoms with Gasteiger partial charge in [0, 0.05) is 41.1 Å². The van der Waals surface area contributed by atoms with Crippen molar-refractivity contribution in [3.8, 4) is 0 Å². The first kappa shape index (κ1) is 22.3. The number of anilines is 2. The lowest BCUT2D eigenvalue weighted by Crippen LogP contribution is -2.48. The van der Waals surface area contributed by atoms with Crippen LogP contribution in [0.3, 0.4) is 0 Å². The number of nitrogens with one attached hydrogen (secondary N) is 2. The van der Waals surface area contributed by atoms with Crippen LogP contribution in [0.15, 0.2) is 71.3 Å². The lowest BCUT2D eigenvalue weighted by molar-refractivity contribution is 0.0714. The highest BCUT2D eigenvalue weighted by Crippen LogP contribution is 2.20. The van der Waals surface area contributed by atoms with E-state index in [1.807, 2.05) is 42.5 Å². The molecule has 0 atom stereocenters. The van der Waals surface area contributed by atoms with Gasteiger partial charge in [0.05, 0.1) is 11.8 Å². The molecule has 164 valence electrons. The Morgan fingerprint density at radius 2 is 1.66 bits per heavy atom. The summed E-state index contributed by atoms with van der Waals surface area (Å²) >= 11 is 7.41. The van der Waals surface area contributed by atoms with Crippen molar-refractivity contribution < 1.29 is 14.0 Å². The minimum atomic E-state index is -0.244. The second kappa shape index (κ2) is 10.1. The number of carbonyl (C=O) groups is 2. The Hall–Kier alpha value is -2.92. The molecule has 2 N–H and O–H groups in total. The largest absolute Gasteiger partial charge is 0.459 e. The van der Waals surface area contributed by atoms with Crippen molar-refractivity contribution in [2.45, 2.75) is 0 Å². The molecule has 1 aromatic heterocycles. The summed E-state index contributed by atoms with van der Waals surface area (Å²) in [5, 5.41) is 6.00. The molecule has 1 aliphatic heterocycles. The number of rotatable bonds is 4. The Bertz CT molecular complexity index is 1110. The molecule has 1 fully saturated rings. The molecule has 0 radical (unpaired) electrons. The summed E-state index contributed by atoms with van der Waals surface area (Å²) in [5.41, 5.74) is 2.43. The normalized spacial score (nSPS) is 13.5. The zero-order chi connectivity index (χ0) is 22.5. The Morgan fingerprint density at radius 1 is 0.938 bits per heavy atom. The Morgan fingerprint density at radius 3 is 2.31 bits per heavy atom. The Kier molecular flexibility index (Phi) is 7.05. The summed E-state index contributed by atoms with van der Waals surface area (Å²) in [6.45, 7) is 2.74. The summed E-state index contributed by atoms with van der Waals surface area (Å²) in [6.07, 6.45) is 1.51. The van der Waals surface area contributed by atoms with E-state index in [2.05, 4.69) is 38.1 Å². The van der Waals surface area contributed by atoms with E-state index in [0.29, 0.717) is 24.4 Å². The molecule has 2 heterocycles. The number of halogens is 1. The van der Waals surface area contributed by atoms with E-state index in [4.69, 9.17) is 16.6 Å². The number of hydrogen-bond donors (Lipinski definition) is 2. The van der Waals surface area contributed by atoms with Gasteiger partial charge < -0.3 is 19.5 Å². The fourth-order valence-corrected chi connectivity index (χ4v) is 4.30. The number of carbonyl (C=O) groups excluding carboxylic acids is 2. The first-order valence-electron chi connectivity index (χ1n) is 10.1. The summed E-state index contributed by atoms with van der Waals surface area (Å²) in [7, 11) is 0. The molecule has 7 nitrogen and oxygen atoms in total. The maximum Gasteiger partial charge on any atom is 0.289 e. The molecule has 3 aromatic rings. The zero-order valence-corrected chi connectivity index (χ0v) is 20.1. The van der Waals surface area contributed by atoms with Crippen LogP contribution in [0, 0.1) is 3.57 Å². The van der Waals surface area contributed by atoms with Gasteiger partial charge in [0.2, 0.25) is 0 Å². The van der Waals surface area contributed by atoms with Crippen LogP contribution in [0.2, 0.25) is 0 Å². The van der Waals surface area contributed by atoms with Gasteiger partial charge in [0.25, 0.3) is 11.8 Å². The molecule has 0 aliphatic carbocycles. The summed E-state index contributed by atoms with van der Waals surface area (Å²) in [4.78, 5) is 28.8. The van der Waals surface area contributed by atoms with Gasteiger partial charge in [-0.25, -0.2) is 0 Å². The van der Waals surface area contributed by atoms with Gasteiger partial charge in [0.1, 0.15) is 0 Å². The van der Waals surface area contributed by atoms with E-state index in [9.17, 15) is 9.59 Å². The quantitative estimate of drug-likeness (QED) is 0.372. The van der Waals surface area contributed by atoms with Crippen LogP contribution in [0.4, 0.5) is 11.4 Å². The van der Waals surface area contributed by atoms with Crippen molar-refractivity contribution in [3.05, 3.63) is 81.8 Å². The number of thiocarbonyl (C=S) groups is 1. The van der Waals surface area contributed by atoms with E-state index in [1.54, 1.807) is 23.1 Å².